The molecule has 1 amide bonds. The third kappa shape index (κ3) is 3.07. The van der Waals surface area contributed by atoms with E-state index >= 15 is 0 Å². The van der Waals surface area contributed by atoms with E-state index in [0.29, 0.717) is 6.61 Å². The first-order valence-corrected chi connectivity index (χ1v) is 5.24. The van der Waals surface area contributed by atoms with Crippen LogP contribution in [0.25, 0.3) is 0 Å². The van der Waals surface area contributed by atoms with Gasteiger partial charge in [-0.3, -0.25) is 4.90 Å². The summed E-state index contributed by atoms with van der Waals surface area (Å²) >= 11 is 0. The van der Waals surface area contributed by atoms with Crippen LogP contribution in [0.4, 0.5) is 4.79 Å². The number of ether oxygens (including phenoxy) is 1. The molecule has 0 aliphatic carbocycles. The maximum absolute atomic E-state index is 11.6. The van der Waals surface area contributed by atoms with Gasteiger partial charge in [0.1, 0.15) is 0 Å². The van der Waals surface area contributed by atoms with E-state index in [0.717, 1.165) is 19.4 Å². The van der Waals surface area contributed by atoms with Gasteiger partial charge in [0.2, 0.25) is 0 Å². The summed E-state index contributed by atoms with van der Waals surface area (Å²) in [7, 11) is 0. The van der Waals surface area contributed by atoms with Crippen molar-refractivity contribution in [2.45, 2.75) is 45.2 Å². The molecule has 0 saturated carbocycles. The molecule has 0 radical (unpaired) electrons. The smallest absolute Gasteiger partial charge is 0.379 e. The maximum Gasteiger partial charge on any atom is 0.429 e. The van der Waals surface area contributed by atoms with Crippen molar-refractivity contribution in [3.63, 3.8) is 0 Å². The molecule has 2 N–H and O–H groups in total. The van der Waals surface area contributed by atoms with Gasteiger partial charge in [-0.1, -0.05) is 0 Å². The summed E-state index contributed by atoms with van der Waals surface area (Å²) in [6, 6.07) is 0.0646. The van der Waals surface area contributed by atoms with Gasteiger partial charge in [-0.15, -0.1) is 0 Å². The second-order valence-electron chi connectivity index (χ2n) is 4.80. The summed E-state index contributed by atoms with van der Waals surface area (Å²) in [6.07, 6.45) is 1.42. The van der Waals surface area contributed by atoms with Crippen LogP contribution in [0, 0.1) is 0 Å². The number of hydrogen-bond acceptors (Lipinski definition) is 4. The van der Waals surface area contributed by atoms with Gasteiger partial charge < -0.3 is 9.57 Å². The first-order valence-electron chi connectivity index (χ1n) is 5.24. The average Bonchev–Trinajstić information content (AvgIpc) is 2.17. The minimum Gasteiger partial charge on any atom is -0.379 e. The van der Waals surface area contributed by atoms with Crippen LogP contribution in [0.2, 0.25) is 0 Å². The van der Waals surface area contributed by atoms with E-state index in [1.807, 2.05) is 20.8 Å². The van der Waals surface area contributed by atoms with Crippen LogP contribution in [0.15, 0.2) is 0 Å². The number of rotatable bonds is 1. The minimum atomic E-state index is -0.488. The van der Waals surface area contributed by atoms with Crippen LogP contribution < -0.4 is 5.90 Å². The topological polar surface area (TPSA) is 64.8 Å². The Balaban J connectivity index is 2.75. The Morgan fingerprint density at radius 2 is 2.20 bits per heavy atom. The second kappa shape index (κ2) is 4.81. The Labute approximate surface area is 90.5 Å². The molecule has 5 heteroatoms. The van der Waals surface area contributed by atoms with Gasteiger partial charge >= 0.3 is 6.09 Å². The van der Waals surface area contributed by atoms with Crippen molar-refractivity contribution >= 4 is 6.09 Å². The van der Waals surface area contributed by atoms with Crippen molar-refractivity contribution in [3.8, 4) is 0 Å². The van der Waals surface area contributed by atoms with Crippen molar-refractivity contribution in [1.82, 2.24) is 4.90 Å². The highest BCUT2D eigenvalue weighted by Gasteiger charge is 2.35. The molecule has 1 atom stereocenters. The number of nitrogens with zero attached hydrogens (tertiary/aromatic N) is 1. The quantitative estimate of drug-likeness (QED) is 0.670. The number of carbonyl (C=O) groups excluding carboxylic acids is 1. The summed E-state index contributed by atoms with van der Waals surface area (Å²) in [6.45, 7) is 7.20. The standard InChI is InChI=1S/C10H20N2O3/c1-10(2,3)12(9(13)15-11)8-5-4-6-14-7-8/h8H,4-7,11H2,1-3H3. The SMILES string of the molecule is CC(C)(C)N(C(=O)ON)C1CCCOC1. The third-order valence-electron chi connectivity index (χ3n) is 2.52. The predicted octanol–water partition coefficient (Wildman–Crippen LogP) is 1.28. The van der Waals surface area contributed by atoms with E-state index in [4.69, 9.17) is 10.6 Å². The second-order valence-corrected chi connectivity index (χ2v) is 4.80. The highest BCUT2D eigenvalue weighted by Crippen LogP contribution is 2.23. The summed E-state index contributed by atoms with van der Waals surface area (Å²) in [5.74, 6) is 4.94. The van der Waals surface area contributed by atoms with Crippen molar-refractivity contribution in [2.75, 3.05) is 13.2 Å². The van der Waals surface area contributed by atoms with Crippen LogP contribution in [0.1, 0.15) is 33.6 Å². The molecule has 1 aliphatic heterocycles. The Kier molecular flexibility index (Phi) is 3.93. The lowest BCUT2D eigenvalue weighted by atomic mass is 10.0. The molecule has 0 aromatic carbocycles. The fourth-order valence-electron chi connectivity index (χ4n) is 1.95. The molecule has 1 unspecified atom stereocenters. The first-order chi connectivity index (χ1) is 6.96. The zero-order valence-electron chi connectivity index (χ0n) is 9.66. The van der Waals surface area contributed by atoms with E-state index in [-0.39, 0.29) is 11.6 Å². The molecule has 88 valence electrons. The monoisotopic (exact) mass is 216 g/mol. The summed E-state index contributed by atoms with van der Waals surface area (Å²) in [4.78, 5) is 17.6. The van der Waals surface area contributed by atoms with Gasteiger partial charge in [-0.05, 0) is 33.6 Å². The average molecular weight is 216 g/mol. The summed E-state index contributed by atoms with van der Waals surface area (Å²) in [5.41, 5.74) is -0.304. The number of carbonyl (C=O) groups is 1. The molecule has 0 aromatic heterocycles. The van der Waals surface area contributed by atoms with E-state index in [2.05, 4.69) is 4.84 Å². The minimum absolute atomic E-state index is 0.0646. The number of hydrogen-bond donors (Lipinski definition) is 1. The molecule has 15 heavy (non-hydrogen) atoms. The van der Waals surface area contributed by atoms with Gasteiger partial charge in [-0.2, -0.15) is 5.90 Å². The van der Waals surface area contributed by atoms with E-state index in [9.17, 15) is 4.79 Å². The van der Waals surface area contributed by atoms with Crippen molar-refractivity contribution in [3.05, 3.63) is 0 Å². The first kappa shape index (κ1) is 12.3. The molecule has 0 aromatic rings. The molecule has 1 heterocycles. The van der Waals surface area contributed by atoms with Gasteiger partial charge in [0.15, 0.2) is 0 Å². The number of nitrogens with two attached hydrogens (primary N) is 1. The van der Waals surface area contributed by atoms with Gasteiger partial charge in [0.25, 0.3) is 0 Å². The van der Waals surface area contributed by atoms with Crippen LogP contribution in [-0.2, 0) is 9.57 Å². The third-order valence-corrected chi connectivity index (χ3v) is 2.52. The predicted molar refractivity (Wildman–Crippen MR) is 56.1 cm³/mol. The molecule has 1 aliphatic rings. The lowest BCUT2D eigenvalue weighted by Gasteiger charge is -2.41. The van der Waals surface area contributed by atoms with E-state index < -0.39 is 6.09 Å². The molecule has 1 saturated heterocycles. The highest BCUT2D eigenvalue weighted by molar-refractivity contribution is 5.68. The molecular formula is C10H20N2O3. The normalized spacial score (nSPS) is 22.3. The zero-order valence-corrected chi connectivity index (χ0v) is 9.66. The Morgan fingerprint density at radius 1 is 1.53 bits per heavy atom. The summed E-state index contributed by atoms with van der Waals surface area (Å²) < 4.78 is 5.36. The lowest BCUT2D eigenvalue weighted by Crippen LogP contribution is -2.55. The van der Waals surface area contributed by atoms with Crippen molar-refractivity contribution in [2.24, 2.45) is 5.90 Å². The largest absolute Gasteiger partial charge is 0.429 e. The number of amides is 1. The fraction of sp³-hybridized carbons (Fsp3) is 0.900. The highest BCUT2D eigenvalue weighted by atomic mass is 16.7. The zero-order chi connectivity index (χ0) is 11.5. The van der Waals surface area contributed by atoms with E-state index in [1.165, 1.54) is 0 Å². The molecule has 0 spiro atoms. The van der Waals surface area contributed by atoms with Gasteiger partial charge in [0, 0.05) is 12.1 Å². The van der Waals surface area contributed by atoms with Crippen molar-refractivity contribution < 1.29 is 14.4 Å². The van der Waals surface area contributed by atoms with Gasteiger partial charge in [-0.25, -0.2) is 4.79 Å². The maximum atomic E-state index is 11.6. The van der Waals surface area contributed by atoms with Crippen LogP contribution in [-0.4, -0.2) is 35.8 Å². The van der Waals surface area contributed by atoms with Crippen molar-refractivity contribution in [1.29, 1.82) is 0 Å². The van der Waals surface area contributed by atoms with Crippen LogP contribution in [0.3, 0.4) is 0 Å². The summed E-state index contributed by atoms with van der Waals surface area (Å²) in [5, 5.41) is 0. The van der Waals surface area contributed by atoms with Crippen LogP contribution >= 0.6 is 0 Å². The Bertz CT molecular complexity index is 219. The van der Waals surface area contributed by atoms with Crippen LogP contribution in [0.5, 0.6) is 0 Å². The molecule has 0 bridgehead atoms. The molecule has 1 fully saturated rings. The molecular weight excluding hydrogens is 196 g/mol. The molecule has 5 nitrogen and oxygen atoms in total. The molecule has 1 rings (SSSR count). The van der Waals surface area contributed by atoms with E-state index in [1.54, 1.807) is 4.90 Å². The van der Waals surface area contributed by atoms with Gasteiger partial charge in [0.05, 0.1) is 12.6 Å². The Morgan fingerprint density at radius 3 is 2.60 bits per heavy atom. The Hall–Kier alpha value is -0.810. The fourth-order valence-corrected chi connectivity index (χ4v) is 1.95. The lowest BCUT2D eigenvalue weighted by molar-refractivity contribution is -0.0185.